The fourth-order valence-electron chi connectivity index (χ4n) is 4.75. The fourth-order valence-corrected chi connectivity index (χ4v) is 4.75. The van der Waals surface area contributed by atoms with Crippen molar-refractivity contribution in [2.45, 2.75) is 37.9 Å². The highest BCUT2D eigenvalue weighted by molar-refractivity contribution is 5.30. The summed E-state index contributed by atoms with van der Waals surface area (Å²) in [4.78, 5) is 0. The Bertz CT molecular complexity index is 683. The Balaban J connectivity index is 1.64. The molecule has 2 bridgehead atoms. The minimum atomic E-state index is -0.396. The molecule has 1 N–H and O–H groups in total. The molecule has 2 aromatic carbocycles. The third kappa shape index (κ3) is 3.53. The lowest BCUT2D eigenvalue weighted by Gasteiger charge is -2.38. The molecule has 0 spiro atoms. The highest BCUT2D eigenvalue weighted by atomic mass is 19.1. The van der Waals surface area contributed by atoms with E-state index in [0.717, 1.165) is 24.0 Å². The molecule has 0 aliphatic heterocycles. The second kappa shape index (κ2) is 7.45. The molecule has 2 nitrogen and oxygen atoms in total. The number of fused-ring (bicyclic) bond motifs is 2. The van der Waals surface area contributed by atoms with Crippen molar-refractivity contribution in [3.63, 3.8) is 0 Å². The Morgan fingerprint density at radius 2 is 1.46 bits per heavy atom. The average Bonchev–Trinajstić information content (AvgIpc) is 3.03. The van der Waals surface area contributed by atoms with Gasteiger partial charge in [0.25, 0.3) is 0 Å². The summed E-state index contributed by atoms with van der Waals surface area (Å²) in [6, 6.07) is 12.5. The third-order valence-electron chi connectivity index (χ3n) is 6.10. The molecule has 2 saturated carbocycles. The van der Waals surface area contributed by atoms with Gasteiger partial charge in [0.1, 0.15) is 17.7 Å². The van der Waals surface area contributed by atoms with Gasteiger partial charge in [0, 0.05) is 12.5 Å². The van der Waals surface area contributed by atoms with E-state index < -0.39 is 6.10 Å². The lowest BCUT2D eigenvalue weighted by atomic mass is 9.78. The van der Waals surface area contributed by atoms with Gasteiger partial charge in [-0.15, -0.1) is 0 Å². The maximum Gasteiger partial charge on any atom is 0.123 e. The van der Waals surface area contributed by atoms with Gasteiger partial charge in [-0.05, 0) is 66.5 Å². The molecule has 0 radical (unpaired) electrons. The van der Waals surface area contributed by atoms with Crippen LogP contribution in [0.25, 0.3) is 0 Å². The highest BCUT2D eigenvalue weighted by Crippen LogP contribution is 2.47. The summed E-state index contributed by atoms with van der Waals surface area (Å²) in [5.41, 5.74) is 1.68. The summed E-state index contributed by atoms with van der Waals surface area (Å²) in [7, 11) is 0. The fraction of sp³-hybridized carbons (Fsp3) is 0.455. The summed E-state index contributed by atoms with van der Waals surface area (Å²) in [5, 5.41) is 9.93. The Kier molecular flexibility index (Phi) is 5.05. The maximum atomic E-state index is 13.4. The van der Waals surface area contributed by atoms with Crippen LogP contribution in [0, 0.1) is 29.4 Å². The molecular formula is C22H24F2O2. The SMILES string of the molecule is OC[C@@H]1C2CCC(C2)C[C@@H]1OC(c1ccc(F)cc1)c1ccc(F)cc1. The van der Waals surface area contributed by atoms with Gasteiger partial charge in [-0.2, -0.15) is 0 Å². The van der Waals surface area contributed by atoms with Crippen LogP contribution in [0.2, 0.25) is 0 Å². The molecule has 4 rings (SSSR count). The molecule has 0 aromatic heterocycles. The zero-order valence-corrected chi connectivity index (χ0v) is 14.7. The predicted octanol–water partition coefficient (Wildman–Crippen LogP) is 4.87. The Hall–Kier alpha value is -1.78. The summed E-state index contributed by atoms with van der Waals surface area (Å²) >= 11 is 0. The van der Waals surface area contributed by atoms with Crippen molar-refractivity contribution in [3.05, 3.63) is 71.3 Å². The third-order valence-corrected chi connectivity index (χ3v) is 6.10. The van der Waals surface area contributed by atoms with Gasteiger partial charge >= 0.3 is 0 Å². The van der Waals surface area contributed by atoms with Gasteiger partial charge in [0.05, 0.1) is 6.10 Å². The molecule has 138 valence electrons. The van der Waals surface area contributed by atoms with Gasteiger partial charge in [-0.25, -0.2) is 8.78 Å². The molecule has 2 aliphatic rings. The molecule has 2 fully saturated rings. The van der Waals surface area contributed by atoms with Crippen molar-refractivity contribution in [3.8, 4) is 0 Å². The first-order valence-corrected chi connectivity index (χ1v) is 9.41. The van der Waals surface area contributed by atoms with Gasteiger partial charge in [0.2, 0.25) is 0 Å². The summed E-state index contributed by atoms with van der Waals surface area (Å²) in [5.74, 6) is 0.726. The number of rotatable bonds is 5. The summed E-state index contributed by atoms with van der Waals surface area (Å²) in [6.45, 7) is 0.127. The molecule has 4 heteroatoms. The standard InChI is InChI=1S/C22H24F2O2/c23-18-7-3-15(4-8-18)22(16-5-9-19(24)10-6-16)26-21-12-14-1-2-17(11-14)20(21)13-25/h3-10,14,17,20-22,25H,1-2,11-13H2/t14?,17?,20-,21+/m1/s1. The van der Waals surface area contributed by atoms with Gasteiger partial charge in [-0.3, -0.25) is 0 Å². The zero-order chi connectivity index (χ0) is 18.1. The largest absolute Gasteiger partial charge is 0.396 e. The predicted molar refractivity (Wildman–Crippen MR) is 95.5 cm³/mol. The van der Waals surface area contributed by atoms with Crippen LogP contribution in [-0.4, -0.2) is 17.8 Å². The monoisotopic (exact) mass is 358 g/mol. The number of hydrogen-bond donors (Lipinski definition) is 1. The minimum Gasteiger partial charge on any atom is -0.396 e. The number of aliphatic hydroxyl groups excluding tert-OH is 1. The van der Waals surface area contributed by atoms with Gasteiger partial charge in [-0.1, -0.05) is 30.7 Å². The van der Waals surface area contributed by atoms with E-state index in [1.165, 1.54) is 37.1 Å². The van der Waals surface area contributed by atoms with Crippen LogP contribution in [0.3, 0.4) is 0 Å². The maximum absolute atomic E-state index is 13.4. The van der Waals surface area contributed by atoms with Crippen LogP contribution >= 0.6 is 0 Å². The van der Waals surface area contributed by atoms with Crippen LogP contribution in [0.5, 0.6) is 0 Å². The number of hydrogen-bond acceptors (Lipinski definition) is 2. The van der Waals surface area contributed by atoms with Crippen LogP contribution in [0.15, 0.2) is 48.5 Å². The number of halogens is 2. The first kappa shape index (κ1) is 17.6. The van der Waals surface area contributed by atoms with Gasteiger partial charge in [0.15, 0.2) is 0 Å². The van der Waals surface area contributed by atoms with E-state index in [1.54, 1.807) is 24.3 Å². The van der Waals surface area contributed by atoms with E-state index in [0.29, 0.717) is 11.8 Å². The van der Waals surface area contributed by atoms with Crippen molar-refractivity contribution in [2.75, 3.05) is 6.61 Å². The molecule has 2 unspecified atom stereocenters. The lowest BCUT2D eigenvalue weighted by molar-refractivity contribution is -0.0784. The second-order valence-corrected chi connectivity index (χ2v) is 7.68. The van der Waals surface area contributed by atoms with Crippen LogP contribution in [-0.2, 0) is 4.74 Å². The van der Waals surface area contributed by atoms with Crippen molar-refractivity contribution in [1.82, 2.24) is 0 Å². The van der Waals surface area contributed by atoms with Crippen molar-refractivity contribution < 1.29 is 18.6 Å². The Morgan fingerprint density at radius 1 is 0.885 bits per heavy atom. The van der Waals surface area contributed by atoms with Crippen molar-refractivity contribution in [2.24, 2.45) is 17.8 Å². The zero-order valence-electron chi connectivity index (χ0n) is 14.7. The smallest absolute Gasteiger partial charge is 0.123 e. The molecule has 4 atom stereocenters. The van der Waals surface area contributed by atoms with E-state index in [2.05, 4.69) is 0 Å². The minimum absolute atomic E-state index is 0.0358. The van der Waals surface area contributed by atoms with E-state index in [4.69, 9.17) is 4.74 Å². The average molecular weight is 358 g/mol. The first-order chi connectivity index (χ1) is 12.6. The first-order valence-electron chi connectivity index (χ1n) is 9.41. The molecule has 26 heavy (non-hydrogen) atoms. The quantitative estimate of drug-likeness (QED) is 0.826. The van der Waals surface area contributed by atoms with E-state index in [9.17, 15) is 13.9 Å². The molecule has 2 aromatic rings. The van der Waals surface area contributed by atoms with Crippen molar-refractivity contribution in [1.29, 1.82) is 0 Å². The Labute approximate surface area is 152 Å². The topological polar surface area (TPSA) is 29.5 Å². The van der Waals surface area contributed by atoms with Gasteiger partial charge < -0.3 is 9.84 Å². The lowest BCUT2D eigenvalue weighted by Crippen LogP contribution is -2.37. The molecular weight excluding hydrogens is 334 g/mol. The molecule has 0 saturated heterocycles. The normalized spacial score (nSPS) is 27.8. The molecule has 0 amide bonds. The highest BCUT2D eigenvalue weighted by Gasteiger charge is 2.43. The van der Waals surface area contributed by atoms with Crippen LogP contribution in [0.4, 0.5) is 8.78 Å². The number of ether oxygens (including phenoxy) is 1. The van der Waals surface area contributed by atoms with Crippen molar-refractivity contribution >= 4 is 0 Å². The van der Waals surface area contributed by atoms with E-state index >= 15 is 0 Å². The van der Waals surface area contributed by atoms with Crippen LogP contribution < -0.4 is 0 Å². The molecule has 2 aliphatic carbocycles. The van der Waals surface area contributed by atoms with E-state index in [-0.39, 0.29) is 30.3 Å². The summed E-state index contributed by atoms with van der Waals surface area (Å²) in [6.07, 6.45) is 4.06. The number of benzene rings is 2. The van der Waals surface area contributed by atoms with E-state index in [1.807, 2.05) is 0 Å². The van der Waals surface area contributed by atoms with Crippen LogP contribution in [0.1, 0.15) is 42.9 Å². The second-order valence-electron chi connectivity index (χ2n) is 7.68. The summed E-state index contributed by atoms with van der Waals surface area (Å²) < 4.78 is 33.3. The number of aliphatic hydroxyl groups is 1. The Morgan fingerprint density at radius 3 is 2.00 bits per heavy atom. The molecule has 0 heterocycles.